The van der Waals surface area contributed by atoms with Gasteiger partial charge in [-0.3, -0.25) is 4.90 Å². The van der Waals surface area contributed by atoms with Crippen LogP contribution in [0.2, 0.25) is 0 Å². The molecule has 28 heavy (non-hydrogen) atoms. The smallest absolute Gasteiger partial charge is 0.227 e. The van der Waals surface area contributed by atoms with Gasteiger partial charge >= 0.3 is 0 Å². The van der Waals surface area contributed by atoms with E-state index in [1.54, 1.807) is 0 Å². The third kappa shape index (κ3) is 4.75. The molecule has 3 aliphatic heterocycles. The molecule has 0 N–H and O–H groups in total. The van der Waals surface area contributed by atoms with Crippen LogP contribution in [0.5, 0.6) is 0 Å². The number of piperidine rings is 1. The molecule has 0 radical (unpaired) electrons. The summed E-state index contributed by atoms with van der Waals surface area (Å²) in [5.74, 6) is 1.97. The summed E-state index contributed by atoms with van der Waals surface area (Å²) in [6, 6.07) is 2.86. The van der Waals surface area contributed by atoms with E-state index < -0.39 is 0 Å². The number of hydrogen-bond donors (Lipinski definition) is 0. The first-order valence-electron chi connectivity index (χ1n) is 11.0. The van der Waals surface area contributed by atoms with Crippen molar-refractivity contribution in [3.8, 4) is 0 Å². The van der Waals surface area contributed by atoms with Gasteiger partial charge in [0.05, 0.1) is 19.3 Å². The second-order valence-electron chi connectivity index (χ2n) is 8.22. The van der Waals surface area contributed by atoms with E-state index in [-0.39, 0.29) is 0 Å². The fourth-order valence-corrected chi connectivity index (χ4v) is 4.54. The van der Waals surface area contributed by atoms with E-state index in [0.717, 1.165) is 82.8 Å². The molecule has 7 nitrogen and oxygen atoms in total. The maximum atomic E-state index is 5.83. The normalized spacial score (nSPS) is 25.7. The van der Waals surface area contributed by atoms with Gasteiger partial charge in [-0.25, -0.2) is 4.98 Å². The Hall–Kier alpha value is -1.44. The van der Waals surface area contributed by atoms with Crippen molar-refractivity contribution in [2.45, 2.75) is 51.7 Å². The number of aryl methyl sites for hydroxylation is 1. The molecule has 0 aromatic carbocycles. The number of anilines is 2. The van der Waals surface area contributed by atoms with Crippen molar-refractivity contribution in [2.75, 3.05) is 68.9 Å². The molecule has 3 fully saturated rings. The van der Waals surface area contributed by atoms with Gasteiger partial charge in [-0.1, -0.05) is 6.92 Å². The molecular formula is C21H35N5O2. The van der Waals surface area contributed by atoms with Crippen LogP contribution < -0.4 is 9.80 Å². The molecule has 7 heteroatoms. The minimum atomic E-state index is 0.352. The van der Waals surface area contributed by atoms with E-state index in [9.17, 15) is 0 Å². The zero-order valence-corrected chi connectivity index (χ0v) is 17.5. The first kappa shape index (κ1) is 19.9. The third-order valence-electron chi connectivity index (χ3n) is 6.20. The lowest BCUT2D eigenvalue weighted by molar-refractivity contribution is 0.0579. The summed E-state index contributed by atoms with van der Waals surface area (Å²) < 4.78 is 11.3. The third-order valence-corrected chi connectivity index (χ3v) is 6.20. The van der Waals surface area contributed by atoms with Crippen molar-refractivity contribution in [2.24, 2.45) is 0 Å². The lowest BCUT2D eigenvalue weighted by Crippen LogP contribution is -2.47. The molecule has 3 saturated heterocycles. The van der Waals surface area contributed by atoms with Crippen LogP contribution in [0, 0.1) is 0 Å². The van der Waals surface area contributed by atoms with Crippen molar-refractivity contribution < 1.29 is 9.47 Å². The summed E-state index contributed by atoms with van der Waals surface area (Å²) in [6.45, 7) is 12.9. The second-order valence-corrected chi connectivity index (χ2v) is 8.22. The summed E-state index contributed by atoms with van der Waals surface area (Å²) in [4.78, 5) is 17.1. The first-order chi connectivity index (χ1) is 13.7. The van der Waals surface area contributed by atoms with E-state index in [1.807, 2.05) is 0 Å². The predicted molar refractivity (Wildman–Crippen MR) is 111 cm³/mol. The molecule has 0 unspecified atom stereocenters. The van der Waals surface area contributed by atoms with Crippen LogP contribution in [0.1, 0.15) is 38.8 Å². The molecule has 4 rings (SSSR count). The van der Waals surface area contributed by atoms with Gasteiger partial charge in [0.25, 0.3) is 0 Å². The van der Waals surface area contributed by atoms with E-state index in [2.05, 4.69) is 34.6 Å². The molecule has 0 saturated carbocycles. The highest BCUT2D eigenvalue weighted by Gasteiger charge is 2.28. The molecule has 0 amide bonds. The monoisotopic (exact) mass is 389 g/mol. The van der Waals surface area contributed by atoms with E-state index >= 15 is 0 Å². The number of ether oxygens (including phenoxy) is 2. The van der Waals surface area contributed by atoms with E-state index in [4.69, 9.17) is 19.4 Å². The summed E-state index contributed by atoms with van der Waals surface area (Å²) >= 11 is 0. The molecule has 0 spiro atoms. The maximum absolute atomic E-state index is 5.83. The lowest BCUT2D eigenvalue weighted by atomic mass is 10.0. The summed E-state index contributed by atoms with van der Waals surface area (Å²) in [6.07, 6.45) is 4.84. The minimum absolute atomic E-state index is 0.352. The summed E-state index contributed by atoms with van der Waals surface area (Å²) in [7, 11) is 0. The molecular weight excluding hydrogens is 354 g/mol. The standard InChI is InChI=1S/C21H35N5O2/c1-3-18-15-20(23-21(22-18)25-10-13-27-14-11-25)24-8-5-19(6-9-24)26-7-4-12-28-17(2)16-26/h15,17,19H,3-14,16H2,1-2H3/t17-/m1/s1. The van der Waals surface area contributed by atoms with Crippen LogP contribution in [0.3, 0.4) is 0 Å². The van der Waals surface area contributed by atoms with Crippen LogP contribution in [0.4, 0.5) is 11.8 Å². The number of nitrogens with zero attached hydrogens (tertiary/aromatic N) is 5. The molecule has 156 valence electrons. The maximum Gasteiger partial charge on any atom is 0.227 e. The first-order valence-corrected chi connectivity index (χ1v) is 11.0. The Morgan fingerprint density at radius 2 is 1.79 bits per heavy atom. The Morgan fingerprint density at radius 3 is 2.54 bits per heavy atom. The van der Waals surface area contributed by atoms with Gasteiger partial charge in [0.1, 0.15) is 5.82 Å². The largest absolute Gasteiger partial charge is 0.378 e. The summed E-state index contributed by atoms with van der Waals surface area (Å²) in [5.41, 5.74) is 1.13. The van der Waals surface area contributed by atoms with Gasteiger partial charge in [0.2, 0.25) is 5.95 Å². The lowest BCUT2D eigenvalue weighted by Gasteiger charge is -2.39. The van der Waals surface area contributed by atoms with Gasteiger partial charge in [-0.15, -0.1) is 0 Å². The Labute approximate surface area is 169 Å². The van der Waals surface area contributed by atoms with Crippen LogP contribution in [-0.2, 0) is 15.9 Å². The SMILES string of the molecule is CCc1cc(N2CCC(N3CCCO[C@H](C)C3)CC2)nc(N2CCOCC2)n1. The molecule has 4 heterocycles. The van der Waals surface area contributed by atoms with Gasteiger partial charge in [-0.05, 0) is 32.6 Å². The Balaban J connectivity index is 1.42. The van der Waals surface area contributed by atoms with Crippen molar-refractivity contribution in [3.05, 3.63) is 11.8 Å². The number of hydrogen-bond acceptors (Lipinski definition) is 7. The van der Waals surface area contributed by atoms with Crippen molar-refractivity contribution >= 4 is 11.8 Å². The van der Waals surface area contributed by atoms with Crippen molar-refractivity contribution in [1.82, 2.24) is 14.9 Å². The van der Waals surface area contributed by atoms with Crippen LogP contribution in [0.25, 0.3) is 0 Å². The van der Waals surface area contributed by atoms with Gasteiger partial charge in [0, 0.05) is 63.7 Å². The van der Waals surface area contributed by atoms with Crippen molar-refractivity contribution in [3.63, 3.8) is 0 Å². The Kier molecular flexibility index (Phi) is 6.65. The number of aromatic nitrogens is 2. The van der Waals surface area contributed by atoms with Gasteiger partial charge in [0.15, 0.2) is 0 Å². The molecule has 0 bridgehead atoms. The quantitative estimate of drug-likeness (QED) is 0.780. The molecule has 1 aromatic heterocycles. The zero-order valence-electron chi connectivity index (χ0n) is 17.5. The highest BCUT2D eigenvalue weighted by atomic mass is 16.5. The highest BCUT2D eigenvalue weighted by Crippen LogP contribution is 2.25. The Bertz CT molecular complexity index is 629. The minimum Gasteiger partial charge on any atom is -0.378 e. The van der Waals surface area contributed by atoms with Crippen LogP contribution in [-0.4, -0.2) is 86.1 Å². The highest BCUT2D eigenvalue weighted by molar-refractivity contribution is 5.46. The number of rotatable bonds is 4. The van der Waals surface area contributed by atoms with Crippen molar-refractivity contribution in [1.29, 1.82) is 0 Å². The van der Waals surface area contributed by atoms with Crippen LogP contribution in [0.15, 0.2) is 6.07 Å². The average molecular weight is 390 g/mol. The Morgan fingerprint density at radius 1 is 1.00 bits per heavy atom. The fourth-order valence-electron chi connectivity index (χ4n) is 4.54. The molecule has 0 aliphatic carbocycles. The topological polar surface area (TPSA) is 54.0 Å². The van der Waals surface area contributed by atoms with E-state index in [0.29, 0.717) is 12.1 Å². The fraction of sp³-hybridized carbons (Fsp3) is 0.810. The molecule has 1 aromatic rings. The molecule has 3 aliphatic rings. The van der Waals surface area contributed by atoms with Gasteiger partial charge in [-0.2, -0.15) is 4.98 Å². The average Bonchev–Trinajstić information content (AvgIpc) is 2.98. The van der Waals surface area contributed by atoms with E-state index in [1.165, 1.54) is 19.4 Å². The summed E-state index contributed by atoms with van der Waals surface area (Å²) in [5, 5.41) is 0. The van der Waals surface area contributed by atoms with Crippen LogP contribution >= 0.6 is 0 Å². The predicted octanol–water partition coefficient (Wildman–Crippen LogP) is 1.96. The van der Waals surface area contributed by atoms with Gasteiger partial charge < -0.3 is 19.3 Å². The number of morpholine rings is 1. The second kappa shape index (κ2) is 9.37. The molecule has 1 atom stereocenters. The zero-order chi connectivity index (χ0) is 19.3.